The van der Waals surface area contributed by atoms with Crippen LogP contribution < -0.4 is 27.4 Å². The maximum Gasteiger partial charge on any atom is 0.325 e. The number of rotatable bonds is 12. The second kappa shape index (κ2) is 11.9. The third-order valence-corrected chi connectivity index (χ3v) is 5.28. The molecule has 1 aromatic heterocycles. The first-order chi connectivity index (χ1) is 16.4. The topological polar surface area (TPSA) is 230 Å². The number of para-hydroxylation sites is 1. The number of nitrogens with one attached hydrogen (secondary N) is 4. The smallest absolute Gasteiger partial charge is 0.325 e. The first kappa shape index (κ1) is 27.3. The summed E-state index contributed by atoms with van der Waals surface area (Å²) in [5, 5.41) is 27.0. The number of aromatic nitrogens is 1. The van der Waals surface area contributed by atoms with Crippen LogP contribution in [0.25, 0.3) is 10.9 Å². The summed E-state index contributed by atoms with van der Waals surface area (Å²) >= 11 is 0. The molecule has 2 rings (SSSR count). The number of aliphatic carboxylic acids is 1. The summed E-state index contributed by atoms with van der Waals surface area (Å²) < 4.78 is 0. The van der Waals surface area contributed by atoms with Crippen molar-refractivity contribution < 1.29 is 34.2 Å². The van der Waals surface area contributed by atoms with E-state index in [0.29, 0.717) is 5.56 Å². The van der Waals surface area contributed by atoms with Gasteiger partial charge in [0.25, 0.3) is 0 Å². The van der Waals surface area contributed by atoms with Crippen LogP contribution in [0.15, 0.2) is 30.5 Å². The number of carbonyl (C=O) groups is 5. The fraction of sp³-hybridized carbons (Fsp3) is 0.409. The SMILES string of the molecule is CC(NC(=O)C(Cc1c[nH]c2ccccc12)NC(=O)C(NC(=O)C(N)CC(N)=O)C(C)O)C(=O)O. The van der Waals surface area contributed by atoms with Gasteiger partial charge >= 0.3 is 5.97 Å². The number of hydrogen-bond acceptors (Lipinski definition) is 7. The van der Waals surface area contributed by atoms with Crippen LogP contribution in [0.1, 0.15) is 25.8 Å². The lowest BCUT2D eigenvalue weighted by atomic mass is 10.0. The number of carboxylic acids is 1. The van der Waals surface area contributed by atoms with Crippen molar-refractivity contribution in [2.45, 2.75) is 57.0 Å². The Bertz CT molecular complexity index is 1100. The predicted octanol–water partition coefficient (Wildman–Crippen LogP) is -2.15. The monoisotopic (exact) mass is 490 g/mol. The molecule has 0 aliphatic carbocycles. The molecule has 1 heterocycles. The molecule has 0 bridgehead atoms. The zero-order valence-corrected chi connectivity index (χ0v) is 19.3. The van der Waals surface area contributed by atoms with E-state index in [-0.39, 0.29) is 6.42 Å². The molecule has 35 heavy (non-hydrogen) atoms. The van der Waals surface area contributed by atoms with Gasteiger partial charge in [0.2, 0.25) is 23.6 Å². The van der Waals surface area contributed by atoms with Gasteiger partial charge in [-0.2, -0.15) is 0 Å². The average Bonchev–Trinajstić information content (AvgIpc) is 3.18. The Morgan fingerprint density at radius 3 is 2.26 bits per heavy atom. The molecule has 5 atom stereocenters. The zero-order valence-electron chi connectivity index (χ0n) is 19.3. The molecule has 0 saturated carbocycles. The van der Waals surface area contributed by atoms with E-state index in [0.717, 1.165) is 10.9 Å². The van der Waals surface area contributed by atoms with Gasteiger partial charge in [0, 0.05) is 23.5 Å². The number of aromatic amines is 1. The second-order valence-electron chi connectivity index (χ2n) is 8.20. The Morgan fingerprint density at radius 1 is 1.00 bits per heavy atom. The summed E-state index contributed by atoms with van der Waals surface area (Å²) in [6.07, 6.45) is -0.225. The first-order valence-corrected chi connectivity index (χ1v) is 10.8. The number of carbonyl (C=O) groups excluding carboxylic acids is 4. The molecule has 0 spiro atoms. The molecule has 13 nitrogen and oxygen atoms in total. The average molecular weight is 491 g/mol. The number of H-pyrrole nitrogens is 1. The van der Waals surface area contributed by atoms with E-state index >= 15 is 0 Å². The van der Waals surface area contributed by atoms with Crippen LogP contribution in [0.3, 0.4) is 0 Å². The maximum atomic E-state index is 13.0. The molecular weight excluding hydrogens is 460 g/mol. The number of hydrogen-bond donors (Lipinski definition) is 8. The second-order valence-corrected chi connectivity index (χ2v) is 8.20. The molecule has 13 heteroatoms. The molecule has 10 N–H and O–H groups in total. The van der Waals surface area contributed by atoms with Gasteiger partial charge in [0.05, 0.1) is 18.6 Å². The van der Waals surface area contributed by atoms with Gasteiger partial charge in [0.1, 0.15) is 18.1 Å². The highest BCUT2D eigenvalue weighted by Gasteiger charge is 2.32. The standard InChI is InChI=1S/C22H30N6O7/c1-10(22(34)35)26-20(32)16(7-12-9-25-15-6-4-3-5-13(12)15)27-21(33)18(11(2)29)28-19(31)14(23)8-17(24)30/h3-6,9-11,14,16,18,25,29H,7-8,23H2,1-2H3,(H2,24,30)(H,26,32)(H,27,33)(H,28,31)(H,34,35). The van der Waals surface area contributed by atoms with E-state index in [4.69, 9.17) is 16.6 Å². The number of amides is 4. The Morgan fingerprint density at radius 2 is 1.66 bits per heavy atom. The summed E-state index contributed by atoms with van der Waals surface area (Å²) in [7, 11) is 0. The van der Waals surface area contributed by atoms with Crippen LogP contribution >= 0.6 is 0 Å². The first-order valence-electron chi connectivity index (χ1n) is 10.8. The lowest BCUT2D eigenvalue weighted by Gasteiger charge is -2.26. The quantitative estimate of drug-likeness (QED) is 0.163. The number of aliphatic hydroxyl groups excluding tert-OH is 1. The molecule has 5 unspecified atom stereocenters. The van der Waals surface area contributed by atoms with E-state index in [1.54, 1.807) is 12.3 Å². The number of nitrogens with two attached hydrogens (primary N) is 2. The molecule has 0 saturated heterocycles. The number of primary amides is 1. The van der Waals surface area contributed by atoms with Gasteiger partial charge < -0.3 is 42.6 Å². The Hall–Kier alpha value is -3.97. The third kappa shape index (κ3) is 7.52. The molecule has 0 fully saturated rings. The summed E-state index contributed by atoms with van der Waals surface area (Å²) in [5.74, 6) is -4.69. The largest absolute Gasteiger partial charge is 0.480 e. The maximum absolute atomic E-state index is 13.0. The van der Waals surface area contributed by atoms with E-state index in [1.807, 2.05) is 18.2 Å². The van der Waals surface area contributed by atoms with E-state index in [1.165, 1.54) is 13.8 Å². The van der Waals surface area contributed by atoms with Crippen molar-refractivity contribution in [2.24, 2.45) is 11.5 Å². The van der Waals surface area contributed by atoms with Crippen LogP contribution in [-0.2, 0) is 30.4 Å². The molecule has 0 aliphatic rings. The Balaban J connectivity index is 2.26. The minimum absolute atomic E-state index is 0.0183. The van der Waals surface area contributed by atoms with Gasteiger partial charge in [-0.3, -0.25) is 24.0 Å². The van der Waals surface area contributed by atoms with Crippen LogP contribution in [0.4, 0.5) is 0 Å². The Labute approximate surface area is 200 Å². The minimum atomic E-state index is -1.52. The highest BCUT2D eigenvalue weighted by Crippen LogP contribution is 2.19. The molecule has 1 aromatic carbocycles. The van der Waals surface area contributed by atoms with Crippen LogP contribution in [-0.4, -0.2) is 75.1 Å². The van der Waals surface area contributed by atoms with E-state index in [2.05, 4.69) is 20.9 Å². The Kier molecular flexibility index (Phi) is 9.31. The number of carboxylic acid groups (broad SMARTS) is 1. The van der Waals surface area contributed by atoms with Crippen molar-refractivity contribution in [2.75, 3.05) is 0 Å². The van der Waals surface area contributed by atoms with Crippen molar-refractivity contribution in [3.05, 3.63) is 36.0 Å². The van der Waals surface area contributed by atoms with Gasteiger partial charge in [-0.25, -0.2) is 0 Å². The lowest BCUT2D eigenvalue weighted by Crippen LogP contribution is -2.60. The van der Waals surface area contributed by atoms with Crippen molar-refractivity contribution in [1.82, 2.24) is 20.9 Å². The van der Waals surface area contributed by atoms with E-state index in [9.17, 15) is 29.1 Å². The lowest BCUT2D eigenvalue weighted by molar-refractivity contribution is -0.142. The van der Waals surface area contributed by atoms with Crippen molar-refractivity contribution in [1.29, 1.82) is 0 Å². The van der Waals surface area contributed by atoms with Crippen LogP contribution in [0, 0.1) is 0 Å². The van der Waals surface area contributed by atoms with Gasteiger partial charge in [-0.15, -0.1) is 0 Å². The number of benzene rings is 1. The minimum Gasteiger partial charge on any atom is -0.480 e. The van der Waals surface area contributed by atoms with Crippen LogP contribution in [0.5, 0.6) is 0 Å². The van der Waals surface area contributed by atoms with Crippen molar-refractivity contribution in [3.8, 4) is 0 Å². The molecule has 0 aliphatic heterocycles. The van der Waals surface area contributed by atoms with Gasteiger partial charge in [-0.1, -0.05) is 18.2 Å². The van der Waals surface area contributed by atoms with E-state index < -0.39 is 66.3 Å². The summed E-state index contributed by atoms with van der Waals surface area (Å²) in [6.45, 7) is 2.51. The summed E-state index contributed by atoms with van der Waals surface area (Å²) in [5.41, 5.74) is 12.1. The highest BCUT2D eigenvalue weighted by molar-refractivity contribution is 5.95. The normalized spacial score (nSPS) is 15.3. The molecule has 4 amide bonds. The molecule has 190 valence electrons. The molecular formula is C22H30N6O7. The van der Waals surface area contributed by atoms with Crippen molar-refractivity contribution >= 4 is 40.5 Å². The number of aliphatic hydroxyl groups is 1. The number of fused-ring (bicyclic) bond motifs is 1. The third-order valence-electron chi connectivity index (χ3n) is 5.28. The predicted molar refractivity (Wildman–Crippen MR) is 125 cm³/mol. The highest BCUT2D eigenvalue weighted by atomic mass is 16.4. The van der Waals surface area contributed by atoms with Crippen LogP contribution in [0.2, 0.25) is 0 Å². The van der Waals surface area contributed by atoms with Gasteiger partial charge in [-0.05, 0) is 25.5 Å². The van der Waals surface area contributed by atoms with Gasteiger partial charge in [0.15, 0.2) is 0 Å². The summed E-state index contributed by atoms with van der Waals surface area (Å²) in [6, 6.07) is 1.92. The zero-order chi connectivity index (χ0) is 26.3. The fourth-order valence-corrected chi connectivity index (χ4v) is 3.34. The summed E-state index contributed by atoms with van der Waals surface area (Å²) in [4.78, 5) is 63.4. The van der Waals surface area contributed by atoms with Crippen molar-refractivity contribution in [3.63, 3.8) is 0 Å². The molecule has 2 aromatic rings. The fourth-order valence-electron chi connectivity index (χ4n) is 3.34. The molecule has 0 radical (unpaired) electrons.